The number of thiocarbonyl (C=S) groups is 1. The van der Waals surface area contributed by atoms with Crippen molar-refractivity contribution in [2.45, 2.75) is 4.90 Å². The standard InChI is InChI=1S/C18H19N7O5S2/c1-25-13(8-9-19-25)16(26)23-18(31)20-11-4-6-12(7-5-11)32(27,28)24-14-10-15(29-2)22-17(21-14)30-3/h4-10H,1-3H3,(H,21,22,24)(H2,20,23,26,31). The Labute approximate surface area is 189 Å². The summed E-state index contributed by atoms with van der Waals surface area (Å²) < 4.78 is 39.1. The predicted octanol–water partition coefficient (Wildman–Crippen LogP) is 1.15. The quantitative estimate of drug-likeness (QED) is 0.423. The largest absolute Gasteiger partial charge is 0.481 e. The Balaban J connectivity index is 1.67. The zero-order valence-electron chi connectivity index (χ0n) is 17.2. The van der Waals surface area contributed by atoms with Gasteiger partial charge < -0.3 is 14.8 Å². The average Bonchev–Trinajstić information content (AvgIpc) is 3.19. The summed E-state index contributed by atoms with van der Waals surface area (Å²) in [5, 5.41) is 9.30. The highest BCUT2D eigenvalue weighted by molar-refractivity contribution is 7.92. The molecule has 0 radical (unpaired) electrons. The minimum Gasteiger partial charge on any atom is -0.481 e. The zero-order valence-corrected chi connectivity index (χ0v) is 18.8. The Kier molecular flexibility index (Phi) is 6.85. The number of aromatic nitrogens is 4. The number of amides is 1. The fraction of sp³-hybridized carbons (Fsp3) is 0.167. The summed E-state index contributed by atoms with van der Waals surface area (Å²) in [6, 6.07) is 8.55. The summed E-state index contributed by atoms with van der Waals surface area (Å²) in [6.45, 7) is 0. The molecule has 14 heteroatoms. The van der Waals surface area contributed by atoms with Gasteiger partial charge in [0, 0.05) is 25.0 Å². The SMILES string of the molecule is COc1cc(NS(=O)(=O)c2ccc(NC(=S)NC(=O)c3ccnn3C)cc2)nc(OC)n1. The van der Waals surface area contributed by atoms with Gasteiger partial charge in [0.2, 0.25) is 5.88 Å². The van der Waals surface area contributed by atoms with Crippen LogP contribution in [0.25, 0.3) is 0 Å². The number of ether oxygens (including phenoxy) is 2. The molecule has 0 aliphatic rings. The highest BCUT2D eigenvalue weighted by atomic mass is 32.2. The number of nitrogens with one attached hydrogen (secondary N) is 3. The van der Waals surface area contributed by atoms with Crippen molar-refractivity contribution in [1.29, 1.82) is 0 Å². The Morgan fingerprint density at radius 3 is 2.41 bits per heavy atom. The second-order valence-electron chi connectivity index (χ2n) is 6.16. The molecular weight excluding hydrogens is 458 g/mol. The van der Waals surface area contributed by atoms with Gasteiger partial charge in [-0.25, -0.2) is 8.42 Å². The van der Waals surface area contributed by atoms with Gasteiger partial charge in [0.1, 0.15) is 5.69 Å². The summed E-state index contributed by atoms with van der Waals surface area (Å²) in [7, 11) is 0.412. The van der Waals surface area contributed by atoms with E-state index in [4.69, 9.17) is 21.7 Å². The van der Waals surface area contributed by atoms with Crippen LogP contribution in [0, 0.1) is 0 Å². The topological polar surface area (TPSA) is 149 Å². The minimum atomic E-state index is -3.95. The third-order valence-corrected chi connectivity index (χ3v) is 5.59. The molecule has 0 spiro atoms. The maximum absolute atomic E-state index is 12.7. The summed E-state index contributed by atoms with van der Waals surface area (Å²) >= 11 is 5.13. The minimum absolute atomic E-state index is 0.0186. The molecule has 0 aliphatic carbocycles. The van der Waals surface area contributed by atoms with Crippen molar-refractivity contribution >= 4 is 44.8 Å². The average molecular weight is 478 g/mol. The van der Waals surface area contributed by atoms with Crippen LogP contribution in [0.4, 0.5) is 11.5 Å². The highest BCUT2D eigenvalue weighted by Gasteiger charge is 2.17. The van der Waals surface area contributed by atoms with Gasteiger partial charge in [-0.3, -0.25) is 19.5 Å². The van der Waals surface area contributed by atoms with Crippen LogP contribution in [0.5, 0.6) is 11.9 Å². The number of hydrogen-bond acceptors (Lipinski definition) is 9. The Morgan fingerprint density at radius 2 is 1.81 bits per heavy atom. The van der Waals surface area contributed by atoms with E-state index >= 15 is 0 Å². The normalized spacial score (nSPS) is 10.8. The summed E-state index contributed by atoms with van der Waals surface area (Å²) in [5.41, 5.74) is 0.810. The molecule has 32 heavy (non-hydrogen) atoms. The van der Waals surface area contributed by atoms with E-state index in [0.29, 0.717) is 11.4 Å². The molecule has 3 N–H and O–H groups in total. The number of carbonyl (C=O) groups excluding carboxylic acids is 1. The molecule has 0 bridgehead atoms. The molecule has 0 atom stereocenters. The third-order valence-electron chi connectivity index (χ3n) is 4.02. The monoisotopic (exact) mass is 477 g/mol. The number of anilines is 2. The van der Waals surface area contributed by atoms with Crippen LogP contribution in [-0.4, -0.2) is 53.4 Å². The second-order valence-corrected chi connectivity index (χ2v) is 8.25. The van der Waals surface area contributed by atoms with Gasteiger partial charge in [-0.15, -0.1) is 0 Å². The molecule has 12 nitrogen and oxygen atoms in total. The van der Waals surface area contributed by atoms with Crippen LogP contribution in [0.2, 0.25) is 0 Å². The molecule has 1 amide bonds. The lowest BCUT2D eigenvalue weighted by atomic mass is 10.3. The van der Waals surface area contributed by atoms with E-state index in [9.17, 15) is 13.2 Å². The Bertz CT molecular complexity index is 1220. The first-order chi connectivity index (χ1) is 15.2. The van der Waals surface area contributed by atoms with Crippen molar-refractivity contribution in [3.05, 3.63) is 48.3 Å². The number of rotatable bonds is 7. The van der Waals surface area contributed by atoms with E-state index in [2.05, 4.69) is 30.4 Å². The van der Waals surface area contributed by atoms with Crippen molar-refractivity contribution in [2.24, 2.45) is 7.05 Å². The number of carbonyl (C=O) groups is 1. The zero-order chi connectivity index (χ0) is 23.3. The molecule has 2 heterocycles. The fourth-order valence-electron chi connectivity index (χ4n) is 2.49. The molecule has 2 aromatic heterocycles. The van der Waals surface area contributed by atoms with Crippen molar-refractivity contribution in [2.75, 3.05) is 24.3 Å². The van der Waals surface area contributed by atoms with Gasteiger partial charge in [-0.1, -0.05) is 0 Å². The fourth-order valence-corrected chi connectivity index (χ4v) is 3.69. The van der Waals surface area contributed by atoms with E-state index in [1.807, 2.05) is 0 Å². The summed E-state index contributed by atoms with van der Waals surface area (Å²) in [4.78, 5) is 20.0. The Hall–Kier alpha value is -3.78. The number of benzene rings is 1. The van der Waals surface area contributed by atoms with E-state index in [1.165, 1.54) is 55.4 Å². The van der Waals surface area contributed by atoms with E-state index in [-0.39, 0.29) is 27.7 Å². The van der Waals surface area contributed by atoms with Gasteiger partial charge in [0.05, 0.1) is 19.1 Å². The predicted molar refractivity (Wildman–Crippen MR) is 119 cm³/mol. The number of methoxy groups -OCH3 is 2. The number of nitrogens with zero attached hydrogens (tertiary/aromatic N) is 4. The van der Waals surface area contributed by atoms with Crippen LogP contribution in [0.15, 0.2) is 47.5 Å². The van der Waals surface area contributed by atoms with Gasteiger partial charge in [-0.2, -0.15) is 15.1 Å². The maximum atomic E-state index is 12.7. The molecular formula is C18H19N7O5S2. The molecule has 0 saturated carbocycles. The third kappa shape index (κ3) is 5.47. The first-order valence-electron chi connectivity index (χ1n) is 8.92. The second kappa shape index (κ2) is 9.57. The van der Waals surface area contributed by atoms with Crippen LogP contribution in [-0.2, 0) is 17.1 Å². The molecule has 0 aliphatic heterocycles. The van der Waals surface area contributed by atoms with Gasteiger partial charge >= 0.3 is 6.01 Å². The van der Waals surface area contributed by atoms with Crippen LogP contribution >= 0.6 is 12.2 Å². The molecule has 0 saturated heterocycles. The van der Waals surface area contributed by atoms with Crippen LogP contribution < -0.4 is 24.8 Å². The lowest BCUT2D eigenvalue weighted by Crippen LogP contribution is -2.35. The van der Waals surface area contributed by atoms with Crippen molar-refractivity contribution in [3.63, 3.8) is 0 Å². The summed E-state index contributed by atoms with van der Waals surface area (Å²) in [5.74, 6) is -0.313. The molecule has 0 fully saturated rings. The number of aryl methyl sites for hydroxylation is 1. The van der Waals surface area contributed by atoms with Gasteiger partial charge in [-0.05, 0) is 42.5 Å². The van der Waals surface area contributed by atoms with Crippen molar-refractivity contribution in [3.8, 4) is 11.9 Å². The maximum Gasteiger partial charge on any atom is 0.321 e. The molecule has 168 valence electrons. The molecule has 1 aromatic carbocycles. The smallest absolute Gasteiger partial charge is 0.321 e. The molecule has 3 rings (SSSR count). The number of sulfonamides is 1. The van der Waals surface area contributed by atoms with Crippen LogP contribution in [0.1, 0.15) is 10.5 Å². The van der Waals surface area contributed by atoms with E-state index < -0.39 is 15.9 Å². The first kappa shape index (κ1) is 22.9. The van der Waals surface area contributed by atoms with Crippen molar-refractivity contribution in [1.82, 2.24) is 25.1 Å². The van der Waals surface area contributed by atoms with Crippen LogP contribution in [0.3, 0.4) is 0 Å². The Morgan fingerprint density at radius 1 is 1.09 bits per heavy atom. The lowest BCUT2D eigenvalue weighted by molar-refractivity contribution is 0.0968. The summed E-state index contributed by atoms with van der Waals surface area (Å²) in [6.07, 6.45) is 1.49. The highest BCUT2D eigenvalue weighted by Crippen LogP contribution is 2.21. The van der Waals surface area contributed by atoms with Gasteiger partial charge in [0.25, 0.3) is 15.9 Å². The van der Waals surface area contributed by atoms with Gasteiger partial charge in [0.15, 0.2) is 10.9 Å². The van der Waals surface area contributed by atoms with E-state index in [1.54, 1.807) is 13.1 Å². The van der Waals surface area contributed by atoms with E-state index in [0.717, 1.165) is 0 Å². The first-order valence-corrected chi connectivity index (χ1v) is 10.8. The van der Waals surface area contributed by atoms with Crippen molar-refractivity contribution < 1.29 is 22.7 Å². The lowest BCUT2D eigenvalue weighted by Gasteiger charge is -2.11. The number of hydrogen-bond donors (Lipinski definition) is 3. The molecule has 3 aromatic rings. The molecule has 0 unspecified atom stereocenters.